The SMILES string of the molecule is CC1(C)c2ccccc2-c2nc3ccccc3cc2[C@H]1N1CCOCC1. The number of benzene rings is 2. The number of rotatable bonds is 1. The predicted octanol–water partition coefficient (Wildman–Crippen LogP) is 4.57. The number of para-hydroxylation sites is 1. The van der Waals surface area contributed by atoms with E-state index in [1.165, 1.54) is 22.1 Å². The number of aromatic nitrogens is 1. The van der Waals surface area contributed by atoms with Crippen LogP contribution in [-0.2, 0) is 10.2 Å². The summed E-state index contributed by atoms with van der Waals surface area (Å²) in [4.78, 5) is 7.70. The van der Waals surface area contributed by atoms with Gasteiger partial charge in [0, 0.05) is 35.5 Å². The summed E-state index contributed by atoms with van der Waals surface area (Å²) < 4.78 is 5.63. The molecule has 5 rings (SSSR count). The molecule has 3 heteroatoms. The van der Waals surface area contributed by atoms with Crippen molar-refractivity contribution in [1.82, 2.24) is 9.88 Å². The molecular formula is C23H24N2O. The third kappa shape index (κ3) is 2.31. The Morgan fingerprint density at radius 1 is 1.00 bits per heavy atom. The van der Waals surface area contributed by atoms with E-state index in [2.05, 4.69) is 73.3 Å². The van der Waals surface area contributed by atoms with Gasteiger partial charge in [-0.2, -0.15) is 0 Å². The summed E-state index contributed by atoms with van der Waals surface area (Å²) in [5.74, 6) is 0. The average Bonchev–Trinajstić information content (AvgIpc) is 2.68. The Bertz CT molecular complexity index is 973. The number of hydrogen-bond acceptors (Lipinski definition) is 3. The van der Waals surface area contributed by atoms with Gasteiger partial charge >= 0.3 is 0 Å². The van der Waals surface area contributed by atoms with E-state index in [4.69, 9.17) is 9.72 Å². The Morgan fingerprint density at radius 3 is 2.58 bits per heavy atom. The van der Waals surface area contributed by atoms with E-state index < -0.39 is 0 Å². The number of fused-ring (bicyclic) bond motifs is 4. The van der Waals surface area contributed by atoms with E-state index in [0.29, 0.717) is 6.04 Å². The van der Waals surface area contributed by atoms with Gasteiger partial charge in [-0.15, -0.1) is 0 Å². The first-order chi connectivity index (χ1) is 12.7. The van der Waals surface area contributed by atoms with Gasteiger partial charge in [0.1, 0.15) is 0 Å². The molecule has 1 aromatic heterocycles. The topological polar surface area (TPSA) is 25.4 Å². The maximum Gasteiger partial charge on any atom is 0.0760 e. The molecule has 0 radical (unpaired) electrons. The van der Waals surface area contributed by atoms with Gasteiger partial charge in [-0.25, -0.2) is 4.98 Å². The fourth-order valence-corrected chi connectivity index (χ4v) is 4.83. The average molecular weight is 344 g/mol. The van der Waals surface area contributed by atoms with Crippen LogP contribution in [0.2, 0.25) is 0 Å². The summed E-state index contributed by atoms with van der Waals surface area (Å²) in [6.07, 6.45) is 0. The quantitative estimate of drug-likeness (QED) is 0.647. The highest BCUT2D eigenvalue weighted by Crippen LogP contribution is 2.51. The molecule has 1 saturated heterocycles. The van der Waals surface area contributed by atoms with Crippen molar-refractivity contribution in [3.05, 3.63) is 65.7 Å². The zero-order chi connectivity index (χ0) is 17.7. The Kier molecular flexibility index (Phi) is 3.63. The summed E-state index contributed by atoms with van der Waals surface area (Å²) in [5.41, 5.74) is 6.27. The van der Waals surface area contributed by atoms with E-state index in [9.17, 15) is 0 Å². The molecule has 2 heterocycles. The van der Waals surface area contributed by atoms with Crippen LogP contribution in [0.25, 0.3) is 22.2 Å². The van der Waals surface area contributed by atoms with Crippen molar-refractivity contribution < 1.29 is 4.74 Å². The lowest BCUT2D eigenvalue weighted by atomic mass is 9.67. The maximum absolute atomic E-state index is 5.63. The van der Waals surface area contributed by atoms with Gasteiger partial charge in [-0.3, -0.25) is 4.90 Å². The van der Waals surface area contributed by atoms with Gasteiger partial charge in [0.2, 0.25) is 0 Å². The highest BCUT2D eigenvalue weighted by atomic mass is 16.5. The third-order valence-corrected chi connectivity index (χ3v) is 6.02. The maximum atomic E-state index is 5.63. The Morgan fingerprint density at radius 2 is 1.73 bits per heavy atom. The monoisotopic (exact) mass is 344 g/mol. The summed E-state index contributed by atoms with van der Waals surface area (Å²) >= 11 is 0. The van der Waals surface area contributed by atoms with Crippen LogP contribution in [-0.4, -0.2) is 36.2 Å². The molecule has 1 aliphatic heterocycles. The molecule has 132 valence electrons. The lowest BCUT2D eigenvalue weighted by Crippen LogP contribution is -2.47. The fraction of sp³-hybridized carbons (Fsp3) is 0.348. The number of pyridine rings is 1. The van der Waals surface area contributed by atoms with Crippen LogP contribution in [0.1, 0.15) is 31.0 Å². The lowest BCUT2D eigenvalue weighted by molar-refractivity contribution is -0.000965. The van der Waals surface area contributed by atoms with Crippen LogP contribution in [0.3, 0.4) is 0 Å². The molecule has 0 unspecified atom stereocenters. The second-order valence-electron chi connectivity index (χ2n) is 7.94. The van der Waals surface area contributed by atoms with Crippen molar-refractivity contribution >= 4 is 10.9 Å². The van der Waals surface area contributed by atoms with E-state index >= 15 is 0 Å². The second kappa shape index (κ2) is 5.90. The normalized spacial score (nSPS) is 22.0. The number of nitrogens with zero attached hydrogens (tertiary/aromatic N) is 2. The van der Waals surface area contributed by atoms with Gasteiger partial charge in [0.25, 0.3) is 0 Å². The van der Waals surface area contributed by atoms with Gasteiger partial charge in [0.15, 0.2) is 0 Å². The van der Waals surface area contributed by atoms with Gasteiger partial charge in [-0.05, 0) is 23.3 Å². The molecule has 0 saturated carbocycles. The molecule has 1 aliphatic carbocycles. The molecule has 1 atom stereocenters. The van der Waals surface area contributed by atoms with Gasteiger partial charge < -0.3 is 4.74 Å². The van der Waals surface area contributed by atoms with Crippen molar-refractivity contribution in [2.24, 2.45) is 0 Å². The van der Waals surface area contributed by atoms with E-state index in [0.717, 1.165) is 37.5 Å². The van der Waals surface area contributed by atoms with Crippen molar-refractivity contribution in [3.63, 3.8) is 0 Å². The molecule has 2 aromatic carbocycles. The van der Waals surface area contributed by atoms with Crippen LogP contribution in [0.5, 0.6) is 0 Å². The first-order valence-corrected chi connectivity index (χ1v) is 9.47. The van der Waals surface area contributed by atoms with Crippen molar-refractivity contribution in [1.29, 1.82) is 0 Å². The van der Waals surface area contributed by atoms with E-state index in [1.807, 2.05) is 0 Å². The smallest absolute Gasteiger partial charge is 0.0760 e. The van der Waals surface area contributed by atoms with E-state index in [1.54, 1.807) is 0 Å². The zero-order valence-corrected chi connectivity index (χ0v) is 15.4. The summed E-state index contributed by atoms with van der Waals surface area (Å²) in [7, 11) is 0. The highest BCUT2D eigenvalue weighted by molar-refractivity contribution is 5.85. The van der Waals surface area contributed by atoms with Crippen LogP contribution >= 0.6 is 0 Å². The molecule has 0 bridgehead atoms. The Balaban J connectivity index is 1.80. The molecule has 1 fully saturated rings. The fourth-order valence-electron chi connectivity index (χ4n) is 4.83. The number of hydrogen-bond donors (Lipinski definition) is 0. The Hall–Kier alpha value is -2.23. The number of ether oxygens (including phenoxy) is 1. The molecule has 26 heavy (non-hydrogen) atoms. The van der Waals surface area contributed by atoms with Gasteiger partial charge in [0.05, 0.1) is 24.4 Å². The Labute approximate surface area is 154 Å². The van der Waals surface area contributed by atoms with Crippen molar-refractivity contribution in [2.45, 2.75) is 25.3 Å². The summed E-state index contributed by atoms with van der Waals surface area (Å²) in [5, 5.41) is 1.22. The number of morpholine rings is 1. The third-order valence-electron chi connectivity index (χ3n) is 6.02. The van der Waals surface area contributed by atoms with Crippen LogP contribution in [0.15, 0.2) is 54.6 Å². The molecule has 3 aromatic rings. The minimum absolute atomic E-state index is 0.0189. The van der Waals surface area contributed by atoms with Crippen molar-refractivity contribution in [2.75, 3.05) is 26.3 Å². The standard InChI is InChI=1S/C23H24N2O/c1-23(2)19-9-5-4-8-17(19)21-18(22(23)25-11-13-26-14-12-25)15-16-7-3-6-10-20(16)24-21/h3-10,15,22H,11-14H2,1-2H3/t22-/m1/s1. The highest BCUT2D eigenvalue weighted by Gasteiger charge is 2.43. The largest absolute Gasteiger partial charge is 0.379 e. The molecule has 3 nitrogen and oxygen atoms in total. The minimum atomic E-state index is 0.0189. The molecule has 2 aliphatic rings. The first-order valence-electron chi connectivity index (χ1n) is 9.47. The summed E-state index contributed by atoms with van der Waals surface area (Å²) in [6.45, 7) is 8.33. The molecule has 0 N–H and O–H groups in total. The second-order valence-corrected chi connectivity index (χ2v) is 7.94. The predicted molar refractivity (Wildman–Crippen MR) is 105 cm³/mol. The van der Waals surface area contributed by atoms with Gasteiger partial charge in [-0.1, -0.05) is 56.3 Å². The van der Waals surface area contributed by atoms with Crippen molar-refractivity contribution in [3.8, 4) is 11.3 Å². The zero-order valence-electron chi connectivity index (χ0n) is 15.4. The summed E-state index contributed by atoms with van der Waals surface area (Å²) in [6, 6.07) is 19.9. The van der Waals surface area contributed by atoms with Crippen LogP contribution in [0, 0.1) is 0 Å². The van der Waals surface area contributed by atoms with E-state index in [-0.39, 0.29) is 5.41 Å². The van der Waals surface area contributed by atoms with Crippen LogP contribution < -0.4 is 0 Å². The molecule has 0 amide bonds. The minimum Gasteiger partial charge on any atom is -0.379 e. The molecular weight excluding hydrogens is 320 g/mol. The molecule has 0 spiro atoms. The van der Waals surface area contributed by atoms with Crippen LogP contribution in [0.4, 0.5) is 0 Å². The first kappa shape index (κ1) is 16.0. The lowest BCUT2D eigenvalue weighted by Gasteiger charge is -2.48.